The Hall–Kier alpha value is -3.00. The molecule has 0 spiro atoms. The summed E-state index contributed by atoms with van der Waals surface area (Å²) in [6.45, 7) is 0. The van der Waals surface area contributed by atoms with Crippen molar-refractivity contribution >= 4 is 23.0 Å². The summed E-state index contributed by atoms with van der Waals surface area (Å²) in [6.07, 6.45) is 0. The van der Waals surface area contributed by atoms with E-state index in [0.717, 1.165) is 0 Å². The summed E-state index contributed by atoms with van der Waals surface area (Å²) >= 11 is 0. The highest BCUT2D eigenvalue weighted by molar-refractivity contribution is 5.98. The van der Waals surface area contributed by atoms with E-state index in [4.69, 9.17) is 16.1 Å². The third kappa shape index (κ3) is 2.27. The Kier molecular flexibility index (Phi) is 3.58. The van der Waals surface area contributed by atoms with E-state index in [-0.39, 0.29) is 11.3 Å². The van der Waals surface area contributed by atoms with Gasteiger partial charge in [0.2, 0.25) is 0 Å². The normalized spacial score (nSPS) is 9.80. The summed E-state index contributed by atoms with van der Waals surface area (Å²) in [4.78, 5) is 12.8. The molecule has 2 rings (SSSR count). The van der Waals surface area contributed by atoms with Crippen LogP contribution in [0.4, 0.5) is 17.1 Å². The fourth-order valence-electron chi connectivity index (χ4n) is 2.02. The second-order valence-electron chi connectivity index (χ2n) is 4.23. The summed E-state index contributed by atoms with van der Waals surface area (Å²) in [5.41, 5.74) is 7.84. The van der Waals surface area contributed by atoms with E-state index >= 15 is 0 Å². The van der Waals surface area contributed by atoms with Gasteiger partial charge in [-0.3, -0.25) is 0 Å². The first-order valence-electron chi connectivity index (χ1n) is 5.91. The smallest absolute Gasteiger partial charge is 0.337 e. The van der Waals surface area contributed by atoms with Gasteiger partial charge in [-0.15, -0.1) is 0 Å². The van der Waals surface area contributed by atoms with Crippen LogP contribution < -0.4 is 10.6 Å². The average Bonchev–Trinajstić information content (AvgIpc) is 2.46. The second-order valence-corrected chi connectivity index (χ2v) is 4.23. The van der Waals surface area contributed by atoms with Gasteiger partial charge in [0, 0.05) is 7.05 Å². The first-order chi connectivity index (χ1) is 9.56. The van der Waals surface area contributed by atoms with E-state index in [1.807, 2.05) is 6.07 Å². The van der Waals surface area contributed by atoms with E-state index in [9.17, 15) is 4.79 Å². The van der Waals surface area contributed by atoms with Crippen molar-refractivity contribution in [2.24, 2.45) is 0 Å². The van der Waals surface area contributed by atoms with E-state index in [2.05, 4.69) is 6.07 Å². The van der Waals surface area contributed by atoms with Crippen molar-refractivity contribution in [2.45, 2.75) is 0 Å². The van der Waals surface area contributed by atoms with Crippen molar-refractivity contribution in [1.29, 1.82) is 5.26 Å². The molecule has 0 aliphatic carbocycles. The zero-order valence-electron chi connectivity index (χ0n) is 10.9. The maximum atomic E-state index is 11.1. The highest BCUT2D eigenvalue weighted by atomic mass is 16.4. The van der Waals surface area contributed by atoms with Crippen molar-refractivity contribution in [1.82, 2.24) is 0 Å². The largest absolute Gasteiger partial charge is 0.478 e. The van der Waals surface area contributed by atoms with Gasteiger partial charge in [0.05, 0.1) is 28.2 Å². The molecule has 0 heterocycles. The molecule has 3 N–H and O–H groups in total. The molecule has 0 fully saturated rings. The third-order valence-corrected chi connectivity index (χ3v) is 3.06. The molecule has 2 aromatic rings. The summed E-state index contributed by atoms with van der Waals surface area (Å²) in [6, 6.07) is 14.0. The number of hydrogen-bond donors (Lipinski definition) is 2. The van der Waals surface area contributed by atoms with Crippen molar-refractivity contribution < 1.29 is 9.90 Å². The summed E-state index contributed by atoms with van der Waals surface area (Å²) in [7, 11) is 1.74. The van der Waals surface area contributed by atoms with E-state index in [1.54, 1.807) is 42.3 Å². The summed E-state index contributed by atoms with van der Waals surface area (Å²) in [5, 5.41) is 18.2. The van der Waals surface area contributed by atoms with Crippen molar-refractivity contribution in [2.75, 3.05) is 17.7 Å². The molecule has 0 bridgehead atoms. The maximum Gasteiger partial charge on any atom is 0.337 e. The maximum absolute atomic E-state index is 11.1. The van der Waals surface area contributed by atoms with Crippen molar-refractivity contribution in [3.63, 3.8) is 0 Å². The lowest BCUT2D eigenvalue weighted by molar-refractivity contribution is 0.0698. The molecule has 0 aliphatic rings. The van der Waals surface area contributed by atoms with Gasteiger partial charge < -0.3 is 15.7 Å². The lowest BCUT2D eigenvalue weighted by Crippen LogP contribution is -2.15. The van der Waals surface area contributed by atoms with Gasteiger partial charge in [-0.05, 0) is 24.3 Å². The first kappa shape index (κ1) is 13.4. The molecule has 0 saturated heterocycles. The monoisotopic (exact) mass is 267 g/mol. The Morgan fingerprint density at radius 1 is 1.20 bits per heavy atom. The molecule has 0 aliphatic heterocycles. The Bertz CT molecular complexity index is 705. The molecule has 0 radical (unpaired) electrons. The Labute approximate surface area is 116 Å². The van der Waals surface area contributed by atoms with Gasteiger partial charge in [0.1, 0.15) is 6.07 Å². The molecule has 5 heteroatoms. The zero-order chi connectivity index (χ0) is 14.7. The predicted molar refractivity (Wildman–Crippen MR) is 77.0 cm³/mol. The van der Waals surface area contributed by atoms with Gasteiger partial charge in [0.15, 0.2) is 0 Å². The molecular formula is C15H13N3O2. The fraction of sp³-hybridized carbons (Fsp3) is 0.0667. The number of carboxylic acids is 1. The number of nitrogen functional groups attached to an aromatic ring is 1. The molecule has 5 nitrogen and oxygen atoms in total. The van der Waals surface area contributed by atoms with Crippen LogP contribution in [0, 0.1) is 11.3 Å². The Balaban J connectivity index is 2.55. The predicted octanol–water partition coefficient (Wildman–Crippen LogP) is 2.61. The number of hydrogen-bond acceptors (Lipinski definition) is 4. The Morgan fingerprint density at radius 2 is 1.85 bits per heavy atom. The average molecular weight is 267 g/mol. The van der Waals surface area contributed by atoms with Gasteiger partial charge >= 0.3 is 5.97 Å². The van der Waals surface area contributed by atoms with Crippen LogP contribution in [0.3, 0.4) is 0 Å². The number of carboxylic acid groups (broad SMARTS) is 1. The Morgan fingerprint density at radius 3 is 2.50 bits per heavy atom. The molecule has 0 saturated carbocycles. The number of nitrogens with zero attached hydrogens (tertiary/aromatic N) is 2. The lowest BCUT2D eigenvalue weighted by Gasteiger charge is -2.22. The molecule has 0 amide bonds. The summed E-state index contributed by atoms with van der Waals surface area (Å²) < 4.78 is 0. The quantitative estimate of drug-likeness (QED) is 0.834. The fourth-order valence-corrected chi connectivity index (χ4v) is 2.02. The minimum atomic E-state index is -1.08. The minimum absolute atomic E-state index is 0.0452. The number of anilines is 3. The van der Waals surface area contributed by atoms with Crippen LogP contribution in [-0.2, 0) is 0 Å². The van der Waals surface area contributed by atoms with Crippen LogP contribution in [0.2, 0.25) is 0 Å². The molecular weight excluding hydrogens is 254 g/mol. The van der Waals surface area contributed by atoms with Gasteiger partial charge in [-0.1, -0.05) is 18.2 Å². The standard InChI is InChI=1S/C15H13N3O2/c1-18(12-7-3-2-5-10(12)9-16)13-8-4-6-11(14(13)17)15(19)20/h2-8H,17H2,1H3,(H,19,20). The van der Waals surface area contributed by atoms with E-state index in [1.165, 1.54) is 6.07 Å². The third-order valence-electron chi connectivity index (χ3n) is 3.06. The topological polar surface area (TPSA) is 90.3 Å². The molecule has 100 valence electrons. The number of nitriles is 1. The zero-order valence-corrected chi connectivity index (χ0v) is 10.9. The van der Waals surface area contributed by atoms with Crippen LogP contribution in [0.25, 0.3) is 0 Å². The number of para-hydroxylation sites is 2. The number of aromatic carboxylic acids is 1. The van der Waals surface area contributed by atoms with Crippen LogP contribution >= 0.6 is 0 Å². The highest BCUT2D eigenvalue weighted by Crippen LogP contribution is 2.32. The van der Waals surface area contributed by atoms with Crippen LogP contribution in [0.15, 0.2) is 42.5 Å². The van der Waals surface area contributed by atoms with Crippen molar-refractivity contribution in [3.8, 4) is 6.07 Å². The summed E-state index contributed by atoms with van der Waals surface area (Å²) in [5.74, 6) is -1.08. The number of nitrogens with two attached hydrogens (primary N) is 1. The highest BCUT2D eigenvalue weighted by Gasteiger charge is 2.16. The van der Waals surface area contributed by atoms with Crippen molar-refractivity contribution in [3.05, 3.63) is 53.6 Å². The molecule has 0 atom stereocenters. The first-order valence-corrected chi connectivity index (χ1v) is 5.91. The van der Waals surface area contributed by atoms with E-state index in [0.29, 0.717) is 16.9 Å². The van der Waals surface area contributed by atoms with Crippen LogP contribution in [0.5, 0.6) is 0 Å². The van der Waals surface area contributed by atoms with Crippen LogP contribution in [-0.4, -0.2) is 18.1 Å². The van der Waals surface area contributed by atoms with Gasteiger partial charge in [-0.25, -0.2) is 4.79 Å². The number of carbonyl (C=O) groups is 1. The molecule has 2 aromatic carbocycles. The van der Waals surface area contributed by atoms with Gasteiger partial charge in [0.25, 0.3) is 0 Å². The molecule has 20 heavy (non-hydrogen) atoms. The van der Waals surface area contributed by atoms with E-state index < -0.39 is 5.97 Å². The molecule has 0 aromatic heterocycles. The van der Waals surface area contributed by atoms with Crippen LogP contribution in [0.1, 0.15) is 15.9 Å². The lowest BCUT2D eigenvalue weighted by atomic mass is 10.1. The number of rotatable bonds is 3. The SMILES string of the molecule is CN(c1ccccc1C#N)c1cccc(C(=O)O)c1N. The molecule has 0 unspecified atom stereocenters. The minimum Gasteiger partial charge on any atom is -0.478 e. The second kappa shape index (κ2) is 5.33. The number of benzene rings is 2. The van der Waals surface area contributed by atoms with Gasteiger partial charge in [-0.2, -0.15) is 5.26 Å².